The fourth-order valence-corrected chi connectivity index (χ4v) is 3.75. The second kappa shape index (κ2) is 8.72. The van der Waals surface area contributed by atoms with Crippen LogP contribution in [0.15, 0.2) is 57.9 Å². The molecule has 0 saturated heterocycles. The number of hydrogen-bond acceptors (Lipinski definition) is 6. The van der Waals surface area contributed by atoms with E-state index in [1.165, 1.54) is 24.3 Å². The molecule has 0 spiro atoms. The number of aromatic nitrogens is 2. The monoisotopic (exact) mass is 439 g/mol. The van der Waals surface area contributed by atoms with Crippen LogP contribution in [-0.2, 0) is 26.8 Å². The van der Waals surface area contributed by atoms with E-state index in [1.54, 1.807) is 24.3 Å². The molecule has 0 aliphatic carbocycles. The molecule has 3 rings (SSSR count). The van der Waals surface area contributed by atoms with Gasteiger partial charge in [0.25, 0.3) is 0 Å². The first-order valence-electron chi connectivity index (χ1n) is 8.17. The Labute approximate surface area is 171 Å². The Morgan fingerprint density at radius 1 is 1.00 bits per heavy atom. The van der Waals surface area contributed by atoms with Gasteiger partial charge in [-0.15, -0.1) is 0 Å². The van der Waals surface area contributed by atoms with Crippen LogP contribution in [-0.4, -0.2) is 24.5 Å². The predicted octanol–water partition coefficient (Wildman–Crippen LogP) is 3.92. The lowest BCUT2D eigenvalue weighted by Gasteiger charge is -2.03. The van der Waals surface area contributed by atoms with Gasteiger partial charge in [0.1, 0.15) is 5.75 Å². The van der Waals surface area contributed by atoms with E-state index in [2.05, 4.69) is 15.5 Å². The molecule has 7 nitrogen and oxygen atoms in total. The van der Waals surface area contributed by atoms with Crippen molar-refractivity contribution in [2.75, 3.05) is 5.32 Å². The third kappa shape index (κ3) is 5.54. The van der Waals surface area contributed by atoms with Gasteiger partial charge >= 0.3 is 0 Å². The lowest BCUT2D eigenvalue weighted by Crippen LogP contribution is -2.12. The molecule has 0 unspecified atom stereocenters. The molecule has 0 aliphatic rings. The van der Waals surface area contributed by atoms with Crippen molar-refractivity contribution in [3.05, 3.63) is 70.3 Å². The highest BCUT2D eigenvalue weighted by Crippen LogP contribution is 2.18. The molecule has 10 heteroatoms. The van der Waals surface area contributed by atoms with Crippen molar-refractivity contribution in [3.63, 3.8) is 0 Å². The molecule has 3 aromatic rings. The summed E-state index contributed by atoms with van der Waals surface area (Å²) in [5.41, 5.74) is 0.620. The maximum atomic E-state index is 12.4. The highest BCUT2D eigenvalue weighted by Gasteiger charge is 2.19. The quantitative estimate of drug-likeness (QED) is 0.598. The Morgan fingerprint density at radius 2 is 1.61 bits per heavy atom. The fourth-order valence-electron chi connectivity index (χ4n) is 2.32. The van der Waals surface area contributed by atoms with Crippen molar-refractivity contribution >= 4 is 44.6 Å². The summed E-state index contributed by atoms with van der Waals surface area (Å²) in [5, 5.41) is 7.41. The molecular weight excluding hydrogens is 425 g/mol. The summed E-state index contributed by atoms with van der Waals surface area (Å²) in [4.78, 5) is 16.1. The molecular formula is C18H15Cl2N3O4S. The summed E-state index contributed by atoms with van der Waals surface area (Å²) in [7, 11) is -3.63. The first-order valence-corrected chi connectivity index (χ1v) is 10.6. The minimum absolute atomic E-state index is 0.0306. The van der Waals surface area contributed by atoms with Gasteiger partial charge in [0.05, 0.1) is 4.90 Å². The average molecular weight is 440 g/mol. The van der Waals surface area contributed by atoms with Gasteiger partial charge in [-0.25, -0.2) is 8.42 Å². The standard InChI is InChI=1S/C18H15Cl2N3O4S/c19-12-1-5-14(6-2-12)21-17(24)9-10-18-22-16(23-27-18)11-28(25,26)15-7-3-13(20)4-8-15/h1-8H,9-11H2,(H,21,24). The number of amides is 1. The average Bonchev–Trinajstić information content (AvgIpc) is 3.09. The number of aryl methyl sites for hydroxylation is 1. The zero-order valence-electron chi connectivity index (χ0n) is 14.4. The van der Waals surface area contributed by atoms with E-state index in [0.717, 1.165) is 0 Å². The summed E-state index contributed by atoms with van der Waals surface area (Å²) in [6.07, 6.45) is 0.293. The van der Waals surface area contributed by atoms with E-state index >= 15 is 0 Å². The van der Waals surface area contributed by atoms with E-state index in [1.807, 2.05) is 0 Å². The van der Waals surface area contributed by atoms with Crippen LogP contribution < -0.4 is 5.32 Å². The predicted molar refractivity (Wildman–Crippen MR) is 105 cm³/mol. The molecule has 2 aromatic carbocycles. The van der Waals surface area contributed by atoms with Crippen LogP contribution in [0.3, 0.4) is 0 Å². The number of carbonyl (C=O) groups excluding carboxylic acids is 1. The van der Waals surface area contributed by atoms with Crippen LogP contribution in [0.4, 0.5) is 5.69 Å². The zero-order chi connectivity index (χ0) is 20.1. The lowest BCUT2D eigenvalue weighted by atomic mass is 10.2. The molecule has 146 valence electrons. The van der Waals surface area contributed by atoms with Crippen LogP contribution in [0.25, 0.3) is 0 Å². The maximum absolute atomic E-state index is 12.4. The second-order valence-corrected chi connectivity index (χ2v) is 8.73. The Bertz CT molecular complexity index is 1060. The fraction of sp³-hybridized carbons (Fsp3) is 0.167. The molecule has 0 saturated carbocycles. The van der Waals surface area contributed by atoms with Crippen molar-refractivity contribution in [1.29, 1.82) is 0 Å². The summed E-state index contributed by atoms with van der Waals surface area (Å²) < 4.78 is 29.8. The van der Waals surface area contributed by atoms with Gasteiger partial charge < -0.3 is 9.84 Å². The number of benzene rings is 2. The number of halogens is 2. The van der Waals surface area contributed by atoms with Gasteiger partial charge in [0.15, 0.2) is 15.7 Å². The molecule has 0 radical (unpaired) electrons. The van der Waals surface area contributed by atoms with Gasteiger partial charge in [0.2, 0.25) is 11.8 Å². The van der Waals surface area contributed by atoms with Gasteiger partial charge in [-0.05, 0) is 48.5 Å². The topological polar surface area (TPSA) is 102 Å². The molecule has 1 heterocycles. The third-order valence-corrected chi connectivity index (χ3v) is 5.83. The summed E-state index contributed by atoms with van der Waals surface area (Å²) in [6.45, 7) is 0. The van der Waals surface area contributed by atoms with E-state index in [9.17, 15) is 13.2 Å². The molecule has 0 atom stereocenters. The highest BCUT2D eigenvalue weighted by molar-refractivity contribution is 7.90. The van der Waals surface area contributed by atoms with E-state index in [-0.39, 0.29) is 35.4 Å². The number of anilines is 1. The number of rotatable bonds is 7. The lowest BCUT2D eigenvalue weighted by molar-refractivity contribution is -0.116. The van der Waals surface area contributed by atoms with Crippen molar-refractivity contribution in [3.8, 4) is 0 Å². The summed E-state index contributed by atoms with van der Waals surface area (Å²) in [6, 6.07) is 12.5. The van der Waals surface area contributed by atoms with E-state index in [4.69, 9.17) is 27.7 Å². The normalized spacial score (nSPS) is 11.4. The molecule has 0 bridgehead atoms. The van der Waals surface area contributed by atoms with Crippen molar-refractivity contribution in [1.82, 2.24) is 10.1 Å². The number of hydrogen-bond donors (Lipinski definition) is 1. The van der Waals surface area contributed by atoms with Gasteiger partial charge in [-0.1, -0.05) is 28.4 Å². The van der Waals surface area contributed by atoms with E-state index < -0.39 is 15.6 Å². The van der Waals surface area contributed by atoms with Crippen molar-refractivity contribution < 1.29 is 17.7 Å². The Hall–Kier alpha value is -2.42. The first kappa shape index (κ1) is 20.3. The zero-order valence-corrected chi connectivity index (χ0v) is 16.8. The minimum Gasteiger partial charge on any atom is -0.339 e. The van der Waals surface area contributed by atoms with Gasteiger partial charge in [-0.2, -0.15) is 4.98 Å². The molecule has 1 N–H and O–H groups in total. The third-order valence-electron chi connectivity index (χ3n) is 3.70. The van der Waals surface area contributed by atoms with Crippen molar-refractivity contribution in [2.45, 2.75) is 23.5 Å². The van der Waals surface area contributed by atoms with Crippen LogP contribution >= 0.6 is 23.2 Å². The number of nitrogens with zero attached hydrogens (tertiary/aromatic N) is 2. The van der Waals surface area contributed by atoms with Crippen LogP contribution in [0.1, 0.15) is 18.1 Å². The number of carbonyl (C=O) groups is 1. The number of sulfone groups is 1. The molecule has 1 aromatic heterocycles. The molecule has 0 fully saturated rings. The first-order chi connectivity index (χ1) is 13.3. The molecule has 0 aliphatic heterocycles. The Kier molecular flexibility index (Phi) is 6.33. The molecule has 1 amide bonds. The second-order valence-electron chi connectivity index (χ2n) is 5.87. The van der Waals surface area contributed by atoms with Crippen LogP contribution in [0.5, 0.6) is 0 Å². The Balaban J connectivity index is 1.55. The van der Waals surface area contributed by atoms with Crippen LogP contribution in [0.2, 0.25) is 10.0 Å². The Morgan fingerprint density at radius 3 is 2.25 bits per heavy atom. The minimum atomic E-state index is -3.63. The smallest absolute Gasteiger partial charge is 0.227 e. The van der Waals surface area contributed by atoms with Gasteiger partial charge in [-0.3, -0.25) is 4.79 Å². The largest absolute Gasteiger partial charge is 0.339 e. The SMILES string of the molecule is O=C(CCc1nc(CS(=O)(=O)c2ccc(Cl)cc2)no1)Nc1ccc(Cl)cc1. The van der Waals surface area contributed by atoms with Crippen LogP contribution in [0, 0.1) is 0 Å². The summed E-state index contributed by atoms with van der Waals surface area (Å²) >= 11 is 11.6. The maximum Gasteiger partial charge on any atom is 0.227 e. The molecule has 28 heavy (non-hydrogen) atoms. The van der Waals surface area contributed by atoms with E-state index in [0.29, 0.717) is 15.7 Å². The number of nitrogens with one attached hydrogen (secondary N) is 1. The summed E-state index contributed by atoms with van der Waals surface area (Å²) in [5.74, 6) is -0.429. The highest BCUT2D eigenvalue weighted by atomic mass is 35.5. The van der Waals surface area contributed by atoms with Gasteiger partial charge in [0, 0.05) is 28.6 Å². The van der Waals surface area contributed by atoms with Crippen molar-refractivity contribution in [2.24, 2.45) is 0 Å².